The second-order valence-electron chi connectivity index (χ2n) is 8.57. The first-order valence-corrected chi connectivity index (χ1v) is 10.7. The van der Waals surface area contributed by atoms with Gasteiger partial charge in [0.15, 0.2) is 0 Å². The molecular weight excluding hydrogens is 326 g/mol. The van der Waals surface area contributed by atoms with Crippen LogP contribution >= 0.6 is 11.8 Å². The summed E-state index contributed by atoms with van der Waals surface area (Å²) in [5.74, 6) is 4.55. The van der Waals surface area contributed by atoms with Gasteiger partial charge in [-0.05, 0) is 80.1 Å². The van der Waals surface area contributed by atoms with E-state index >= 15 is 0 Å². The largest absolute Gasteiger partial charge is 0.384 e. The zero-order chi connectivity index (χ0) is 16.9. The van der Waals surface area contributed by atoms with Crippen LogP contribution < -0.4 is 5.73 Å². The molecule has 1 aromatic heterocycles. The van der Waals surface area contributed by atoms with Gasteiger partial charge in [0.25, 0.3) is 0 Å². The lowest BCUT2D eigenvalue weighted by Crippen LogP contribution is -2.60. The molecule has 0 radical (unpaired) electrons. The van der Waals surface area contributed by atoms with Gasteiger partial charge in [-0.25, -0.2) is 4.98 Å². The van der Waals surface area contributed by atoms with Crippen molar-refractivity contribution in [2.75, 3.05) is 5.73 Å². The molecule has 4 heteroatoms. The third-order valence-electron chi connectivity index (χ3n) is 6.73. The van der Waals surface area contributed by atoms with E-state index in [4.69, 9.17) is 5.73 Å². The molecule has 1 aromatic rings. The van der Waals surface area contributed by atoms with Gasteiger partial charge < -0.3 is 10.6 Å². The van der Waals surface area contributed by atoms with E-state index in [2.05, 4.69) is 40.4 Å². The Bertz CT molecular complexity index is 676. The first kappa shape index (κ1) is 15.8. The van der Waals surface area contributed by atoms with Crippen molar-refractivity contribution in [3.05, 3.63) is 48.3 Å². The van der Waals surface area contributed by atoms with Gasteiger partial charge in [-0.1, -0.05) is 12.2 Å². The summed E-state index contributed by atoms with van der Waals surface area (Å²) in [5, 5.41) is 0.440. The Balaban J connectivity index is 1.35. The maximum absolute atomic E-state index is 5.84. The van der Waals surface area contributed by atoms with E-state index < -0.39 is 0 Å². The molecule has 2 heterocycles. The third kappa shape index (κ3) is 2.88. The average molecular weight is 354 g/mol. The van der Waals surface area contributed by atoms with Crippen LogP contribution in [0, 0.1) is 17.8 Å². The van der Waals surface area contributed by atoms with Crippen molar-refractivity contribution in [1.29, 1.82) is 0 Å². The summed E-state index contributed by atoms with van der Waals surface area (Å²) in [6, 6.07) is 4.09. The molecule has 4 fully saturated rings. The van der Waals surface area contributed by atoms with Crippen LogP contribution in [0.5, 0.6) is 0 Å². The summed E-state index contributed by atoms with van der Waals surface area (Å²) >= 11 is 2.02. The van der Waals surface area contributed by atoms with Crippen LogP contribution in [-0.4, -0.2) is 20.8 Å². The molecule has 3 nitrogen and oxygen atoms in total. The number of allylic oxidation sites excluding steroid dienone is 2. The minimum absolute atomic E-state index is 0.422. The van der Waals surface area contributed by atoms with Crippen LogP contribution in [0.4, 0.5) is 5.82 Å². The molecule has 25 heavy (non-hydrogen) atoms. The number of hydrogen-bond acceptors (Lipinski definition) is 4. The zero-order valence-electron chi connectivity index (χ0n) is 14.7. The minimum Gasteiger partial charge on any atom is -0.384 e. The lowest BCUT2D eigenvalue weighted by Gasteiger charge is -2.61. The summed E-state index contributed by atoms with van der Waals surface area (Å²) in [4.78, 5) is 6.84. The summed E-state index contributed by atoms with van der Waals surface area (Å²) in [5.41, 5.74) is 7.53. The zero-order valence-corrected chi connectivity index (χ0v) is 15.5. The highest BCUT2D eigenvalue weighted by Gasteiger charge is 2.54. The van der Waals surface area contributed by atoms with Crippen molar-refractivity contribution in [3.8, 4) is 0 Å². The third-order valence-corrected chi connectivity index (χ3v) is 7.95. The average Bonchev–Trinajstić information content (AvgIpc) is 2.59. The highest BCUT2D eigenvalue weighted by atomic mass is 32.2. The highest BCUT2D eigenvalue weighted by Crippen LogP contribution is 2.59. The Morgan fingerprint density at radius 1 is 1.12 bits per heavy atom. The SMILES string of the molecule is Nc1cc(CSC2C=CC=CN2C23CC4CC(CC(C4)C2)C3)ccn1. The summed E-state index contributed by atoms with van der Waals surface area (Å²) in [6.45, 7) is 0. The number of nitrogens with two attached hydrogens (primary N) is 1. The molecule has 6 rings (SSSR count). The van der Waals surface area contributed by atoms with Gasteiger partial charge in [0.05, 0.1) is 5.37 Å². The van der Waals surface area contributed by atoms with Crippen molar-refractivity contribution in [1.82, 2.24) is 9.88 Å². The number of aromatic nitrogens is 1. The Morgan fingerprint density at radius 3 is 2.52 bits per heavy atom. The van der Waals surface area contributed by atoms with Crippen molar-refractivity contribution in [2.24, 2.45) is 17.8 Å². The minimum atomic E-state index is 0.422. The number of rotatable bonds is 4. The van der Waals surface area contributed by atoms with E-state index in [9.17, 15) is 0 Å². The van der Waals surface area contributed by atoms with Crippen LogP contribution in [0.15, 0.2) is 42.8 Å². The molecule has 0 aromatic carbocycles. The smallest absolute Gasteiger partial charge is 0.123 e. The van der Waals surface area contributed by atoms with Crippen molar-refractivity contribution >= 4 is 17.6 Å². The Morgan fingerprint density at radius 2 is 1.84 bits per heavy atom. The van der Waals surface area contributed by atoms with E-state index in [1.54, 1.807) is 0 Å². The van der Waals surface area contributed by atoms with E-state index in [0.29, 0.717) is 16.7 Å². The van der Waals surface area contributed by atoms with E-state index in [0.717, 1.165) is 23.5 Å². The van der Waals surface area contributed by atoms with Crippen LogP contribution in [0.2, 0.25) is 0 Å². The topological polar surface area (TPSA) is 42.1 Å². The molecule has 0 amide bonds. The molecule has 5 aliphatic rings. The van der Waals surface area contributed by atoms with E-state index in [1.807, 2.05) is 24.0 Å². The van der Waals surface area contributed by atoms with Gasteiger partial charge >= 0.3 is 0 Å². The van der Waals surface area contributed by atoms with Gasteiger partial charge in [-0.2, -0.15) is 0 Å². The second-order valence-corrected chi connectivity index (χ2v) is 9.67. The molecule has 0 spiro atoms. The lowest BCUT2D eigenvalue weighted by molar-refractivity contribution is -0.0707. The molecule has 4 aliphatic carbocycles. The first-order chi connectivity index (χ1) is 12.2. The van der Waals surface area contributed by atoms with E-state index in [-0.39, 0.29) is 0 Å². The highest BCUT2D eigenvalue weighted by molar-refractivity contribution is 7.99. The van der Waals surface area contributed by atoms with Gasteiger partial charge in [0.2, 0.25) is 0 Å². The normalized spacial score (nSPS) is 38.5. The Labute approximate surface area is 154 Å². The van der Waals surface area contributed by atoms with E-state index in [1.165, 1.54) is 44.1 Å². The van der Waals surface area contributed by atoms with Gasteiger partial charge in [0, 0.05) is 23.7 Å². The molecular formula is C21H27N3S. The maximum Gasteiger partial charge on any atom is 0.123 e. The predicted octanol–water partition coefficient (Wildman–Crippen LogP) is 4.58. The van der Waals surface area contributed by atoms with Crippen molar-refractivity contribution in [2.45, 2.75) is 55.2 Å². The van der Waals surface area contributed by atoms with Crippen molar-refractivity contribution < 1.29 is 0 Å². The van der Waals surface area contributed by atoms with Crippen LogP contribution in [-0.2, 0) is 5.75 Å². The van der Waals surface area contributed by atoms with Gasteiger partial charge in [-0.15, -0.1) is 11.8 Å². The van der Waals surface area contributed by atoms with Gasteiger partial charge in [-0.3, -0.25) is 0 Å². The monoisotopic (exact) mass is 353 g/mol. The number of pyridine rings is 1. The number of nitrogen functional groups attached to an aromatic ring is 1. The maximum atomic E-state index is 5.84. The molecule has 4 saturated carbocycles. The Kier molecular flexibility index (Phi) is 3.85. The quantitative estimate of drug-likeness (QED) is 0.860. The molecule has 132 valence electrons. The molecule has 4 bridgehead atoms. The molecule has 1 unspecified atom stereocenters. The van der Waals surface area contributed by atoms with Crippen LogP contribution in [0.1, 0.15) is 44.1 Å². The number of anilines is 1. The van der Waals surface area contributed by atoms with Crippen LogP contribution in [0.3, 0.4) is 0 Å². The predicted molar refractivity (Wildman–Crippen MR) is 105 cm³/mol. The summed E-state index contributed by atoms with van der Waals surface area (Å²) < 4.78 is 0. The summed E-state index contributed by atoms with van der Waals surface area (Å²) in [6.07, 6.45) is 19.8. The molecule has 1 atom stereocenters. The molecule has 2 N–H and O–H groups in total. The second kappa shape index (κ2) is 6.08. The number of thioether (sulfide) groups is 1. The fourth-order valence-electron chi connectivity index (χ4n) is 6.19. The Hall–Kier alpha value is -1.42. The first-order valence-electron chi connectivity index (χ1n) is 9.66. The number of hydrogen-bond donors (Lipinski definition) is 1. The fourth-order valence-corrected chi connectivity index (χ4v) is 7.39. The van der Waals surface area contributed by atoms with Crippen LogP contribution in [0.25, 0.3) is 0 Å². The molecule has 1 aliphatic heterocycles. The number of nitrogens with zero attached hydrogens (tertiary/aromatic N) is 2. The summed E-state index contributed by atoms with van der Waals surface area (Å²) in [7, 11) is 0. The fraction of sp³-hybridized carbons (Fsp3) is 0.571. The standard InChI is InChI=1S/C21H27N3S/c22-19-10-15(4-5-23-19)14-25-20-3-1-2-6-24(20)21-11-16-7-17(12-21)9-18(8-16)13-21/h1-6,10,16-18,20H,7-9,11-14H2,(H2,22,23). The molecule has 0 saturated heterocycles. The van der Waals surface area contributed by atoms with Gasteiger partial charge in [0.1, 0.15) is 5.82 Å². The lowest BCUT2D eigenvalue weighted by atomic mass is 9.52. The van der Waals surface area contributed by atoms with Crippen molar-refractivity contribution in [3.63, 3.8) is 0 Å².